The van der Waals surface area contributed by atoms with Crippen LogP contribution in [0.15, 0.2) is 48.5 Å². The lowest BCUT2D eigenvalue weighted by Gasteiger charge is -2.34. The predicted molar refractivity (Wildman–Crippen MR) is 103 cm³/mol. The van der Waals surface area contributed by atoms with Crippen molar-refractivity contribution in [1.82, 2.24) is 15.1 Å². The number of hydrogen-bond acceptors (Lipinski definition) is 4. The molecule has 1 N–H and O–H groups in total. The highest BCUT2D eigenvalue weighted by molar-refractivity contribution is 5.78. The number of para-hydroxylation sites is 1. The molecule has 28 heavy (non-hydrogen) atoms. The van der Waals surface area contributed by atoms with Crippen molar-refractivity contribution in [3.8, 4) is 5.75 Å². The fourth-order valence-electron chi connectivity index (χ4n) is 3.15. The van der Waals surface area contributed by atoms with E-state index in [2.05, 4.69) is 15.1 Å². The zero-order valence-corrected chi connectivity index (χ0v) is 15.7. The molecular formula is C21H25F2N3O2. The highest BCUT2D eigenvalue weighted by Gasteiger charge is 2.18. The maximum absolute atomic E-state index is 13.2. The fourth-order valence-corrected chi connectivity index (χ4v) is 3.15. The van der Waals surface area contributed by atoms with Gasteiger partial charge in [0.05, 0.1) is 6.54 Å². The molecule has 0 aliphatic carbocycles. The van der Waals surface area contributed by atoms with E-state index in [1.165, 1.54) is 12.1 Å². The van der Waals surface area contributed by atoms with Gasteiger partial charge in [-0.3, -0.25) is 14.6 Å². The molecule has 5 nitrogen and oxygen atoms in total. The summed E-state index contributed by atoms with van der Waals surface area (Å²) < 4.78 is 32.1. The van der Waals surface area contributed by atoms with Crippen LogP contribution in [-0.4, -0.2) is 61.6 Å². The average molecular weight is 389 g/mol. The summed E-state index contributed by atoms with van der Waals surface area (Å²) in [7, 11) is 0. The predicted octanol–water partition coefficient (Wildman–Crippen LogP) is 2.28. The van der Waals surface area contributed by atoms with E-state index in [9.17, 15) is 13.6 Å². The molecule has 1 heterocycles. The van der Waals surface area contributed by atoms with E-state index < -0.39 is 11.6 Å². The van der Waals surface area contributed by atoms with Crippen LogP contribution in [0.2, 0.25) is 0 Å². The Labute approximate surface area is 163 Å². The molecule has 0 aromatic heterocycles. The second-order valence-corrected chi connectivity index (χ2v) is 6.83. The Kier molecular flexibility index (Phi) is 7.33. The molecule has 3 rings (SSSR count). The molecule has 0 radical (unpaired) electrons. The summed E-state index contributed by atoms with van der Waals surface area (Å²) in [5, 5.41) is 2.72. The summed E-state index contributed by atoms with van der Waals surface area (Å²) in [5.74, 6) is -0.560. The Balaban J connectivity index is 1.31. The van der Waals surface area contributed by atoms with Gasteiger partial charge in [-0.2, -0.15) is 0 Å². The molecular weight excluding hydrogens is 364 g/mol. The van der Waals surface area contributed by atoms with Crippen LogP contribution in [0.1, 0.15) is 5.56 Å². The van der Waals surface area contributed by atoms with Gasteiger partial charge < -0.3 is 10.1 Å². The molecule has 1 saturated heterocycles. The highest BCUT2D eigenvalue weighted by atomic mass is 19.1. The van der Waals surface area contributed by atoms with E-state index >= 15 is 0 Å². The van der Waals surface area contributed by atoms with Crippen LogP contribution < -0.4 is 10.1 Å². The monoisotopic (exact) mass is 389 g/mol. The third-order valence-corrected chi connectivity index (χ3v) is 4.66. The number of benzene rings is 2. The van der Waals surface area contributed by atoms with Gasteiger partial charge in [-0.15, -0.1) is 0 Å². The molecule has 7 heteroatoms. The Morgan fingerprint density at radius 1 is 0.964 bits per heavy atom. The average Bonchev–Trinajstić information content (AvgIpc) is 2.68. The molecule has 1 fully saturated rings. The topological polar surface area (TPSA) is 44.8 Å². The number of nitrogens with zero attached hydrogens (tertiary/aromatic N) is 2. The first-order chi connectivity index (χ1) is 13.6. The van der Waals surface area contributed by atoms with Crippen molar-refractivity contribution < 1.29 is 18.3 Å². The molecule has 0 unspecified atom stereocenters. The Bertz CT molecular complexity index is 745. The third kappa shape index (κ3) is 6.58. The number of carbonyl (C=O) groups is 1. The van der Waals surface area contributed by atoms with Crippen molar-refractivity contribution in [3.63, 3.8) is 0 Å². The molecule has 1 aliphatic heterocycles. The first-order valence-corrected chi connectivity index (χ1v) is 9.43. The fraction of sp³-hybridized carbons (Fsp3) is 0.381. The number of hydrogen-bond donors (Lipinski definition) is 1. The largest absolute Gasteiger partial charge is 0.492 e. The van der Waals surface area contributed by atoms with Gasteiger partial charge in [0.1, 0.15) is 24.0 Å². The Hall–Kier alpha value is -2.51. The summed E-state index contributed by atoms with van der Waals surface area (Å²) in [6.45, 7) is 5.23. The van der Waals surface area contributed by atoms with Gasteiger partial charge >= 0.3 is 0 Å². The Morgan fingerprint density at radius 2 is 1.61 bits per heavy atom. The van der Waals surface area contributed by atoms with E-state index in [0.717, 1.165) is 44.5 Å². The Morgan fingerprint density at radius 3 is 2.29 bits per heavy atom. The summed E-state index contributed by atoms with van der Waals surface area (Å²) in [4.78, 5) is 16.5. The van der Waals surface area contributed by atoms with Crippen molar-refractivity contribution in [1.29, 1.82) is 0 Å². The number of amides is 1. The number of rotatable bonds is 8. The van der Waals surface area contributed by atoms with Gasteiger partial charge in [-0.1, -0.05) is 18.2 Å². The van der Waals surface area contributed by atoms with Gasteiger partial charge in [0.2, 0.25) is 5.91 Å². The number of nitrogens with one attached hydrogen (secondary N) is 1. The molecule has 0 spiro atoms. The minimum Gasteiger partial charge on any atom is -0.492 e. The second-order valence-electron chi connectivity index (χ2n) is 6.83. The maximum atomic E-state index is 13.2. The van der Waals surface area contributed by atoms with Crippen molar-refractivity contribution in [3.05, 3.63) is 65.7 Å². The quantitative estimate of drug-likeness (QED) is 0.753. The summed E-state index contributed by atoms with van der Waals surface area (Å²) in [6, 6.07) is 13.0. The van der Waals surface area contributed by atoms with E-state index in [0.29, 0.717) is 12.2 Å². The van der Waals surface area contributed by atoms with E-state index in [1.807, 2.05) is 30.3 Å². The minimum absolute atomic E-state index is 0.115. The first-order valence-electron chi connectivity index (χ1n) is 9.43. The van der Waals surface area contributed by atoms with Crippen molar-refractivity contribution in [2.75, 3.05) is 45.9 Å². The van der Waals surface area contributed by atoms with Gasteiger partial charge in [0.15, 0.2) is 0 Å². The maximum Gasteiger partial charge on any atom is 0.234 e. The molecule has 2 aromatic rings. The zero-order chi connectivity index (χ0) is 19.8. The highest BCUT2D eigenvalue weighted by Crippen LogP contribution is 2.09. The summed E-state index contributed by atoms with van der Waals surface area (Å²) in [6.07, 6.45) is 0. The number of carbonyl (C=O) groups excluding carboxylic acids is 1. The third-order valence-electron chi connectivity index (χ3n) is 4.66. The van der Waals surface area contributed by atoms with Crippen LogP contribution in [0.3, 0.4) is 0 Å². The van der Waals surface area contributed by atoms with Gasteiger partial charge in [0, 0.05) is 45.3 Å². The van der Waals surface area contributed by atoms with Gasteiger partial charge in [-0.25, -0.2) is 8.78 Å². The van der Waals surface area contributed by atoms with Crippen molar-refractivity contribution in [2.45, 2.75) is 6.54 Å². The normalized spacial score (nSPS) is 15.4. The number of piperazine rings is 1. The molecule has 150 valence electrons. The standard InChI is InChI=1S/C21H25F2N3O2/c22-18-12-17(13-19(23)14-18)15-24-21(27)16-26-8-6-25(7-9-26)10-11-28-20-4-2-1-3-5-20/h1-5,12-14H,6-11,15-16H2,(H,24,27). The second kappa shape index (κ2) is 10.1. The molecule has 0 saturated carbocycles. The summed E-state index contributed by atoms with van der Waals surface area (Å²) in [5.41, 5.74) is 0.411. The smallest absolute Gasteiger partial charge is 0.234 e. The number of halogens is 2. The SMILES string of the molecule is O=C(CN1CCN(CCOc2ccccc2)CC1)NCc1cc(F)cc(F)c1. The zero-order valence-electron chi connectivity index (χ0n) is 15.7. The van der Waals surface area contributed by atoms with Crippen LogP contribution >= 0.6 is 0 Å². The van der Waals surface area contributed by atoms with Crippen LogP contribution in [0, 0.1) is 11.6 Å². The van der Waals surface area contributed by atoms with Gasteiger partial charge in [-0.05, 0) is 29.8 Å². The van der Waals surface area contributed by atoms with E-state index in [1.54, 1.807) is 0 Å². The van der Waals surface area contributed by atoms with Gasteiger partial charge in [0.25, 0.3) is 0 Å². The molecule has 0 bridgehead atoms. The van der Waals surface area contributed by atoms with Crippen molar-refractivity contribution >= 4 is 5.91 Å². The lowest BCUT2D eigenvalue weighted by atomic mass is 10.2. The van der Waals surface area contributed by atoms with Crippen LogP contribution in [0.5, 0.6) is 5.75 Å². The van der Waals surface area contributed by atoms with Crippen molar-refractivity contribution in [2.24, 2.45) is 0 Å². The van der Waals surface area contributed by atoms with E-state index in [-0.39, 0.29) is 19.0 Å². The minimum atomic E-state index is -0.642. The van der Waals surface area contributed by atoms with Crippen LogP contribution in [0.4, 0.5) is 8.78 Å². The molecule has 2 aromatic carbocycles. The number of ether oxygens (including phenoxy) is 1. The lowest BCUT2D eigenvalue weighted by molar-refractivity contribution is -0.122. The summed E-state index contributed by atoms with van der Waals surface area (Å²) >= 11 is 0. The van der Waals surface area contributed by atoms with Crippen LogP contribution in [-0.2, 0) is 11.3 Å². The van der Waals surface area contributed by atoms with Crippen LogP contribution in [0.25, 0.3) is 0 Å². The van der Waals surface area contributed by atoms with E-state index in [4.69, 9.17) is 4.74 Å². The lowest BCUT2D eigenvalue weighted by Crippen LogP contribution is -2.50. The molecule has 0 atom stereocenters. The molecule has 1 amide bonds. The first kappa shape index (κ1) is 20.2. The molecule has 1 aliphatic rings.